The molecular weight excluding hydrogens is 279 g/mol. The number of likely N-dealkylation sites (N-methyl/N-ethyl adjacent to an activating group) is 1. The van der Waals surface area contributed by atoms with E-state index in [0.717, 1.165) is 5.56 Å². The fourth-order valence-corrected chi connectivity index (χ4v) is 1.80. The first-order valence-electron chi connectivity index (χ1n) is 4.86. The van der Waals surface area contributed by atoms with Gasteiger partial charge in [-0.1, -0.05) is 41.5 Å². The van der Waals surface area contributed by atoms with Crippen LogP contribution in [0.3, 0.4) is 0 Å². The van der Waals surface area contributed by atoms with E-state index >= 15 is 0 Å². The third-order valence-electron chi connectivity index (χ3n) is 2.16. The molecule has 0 aliphatic rings. The molecule has 1 aromatic rings. The van der Waals surface area contributed by atoms with E-state index in [4.69, 9.17) is 41.2 Å². The molecule has 0 aliphatic heterocycles. The Hall–Kier alpha value is -0.840. The quantitative estimate of drug-likeness (QED) is 0.866. The molecule has 0 saturated carbocycles. The Balaban J connectivity index is 2.67. The van der Waals surface area contributed by atoms with E-state index in [2.05, 4.69) is 0 Å². The number of thiocarbonyl (C=S) groups is 1. The number of benzene rings is 1. The second-order valence-electron chi connectivity index (χ2n) is 3.64. The fraction of sp³-hybridized carbons (Fsp3) is 0.273. The first kappa shape index (κ1) is 14.2. The molecule has 1 aromatic carbocycles. The normalized spacial score (nSPS) is 10.1. The summed E-state index contributed by atoms with van der Waals surface area (Å²) >= 11 is 16.4. The molecule has 6 heteroatoms. The van der Waals surface area contributed by atoms with Crippen LogP contribution in [0, 0.1) is 0 Å². The van der Waals surface area contributed by atoms with Gasteiger partial charge >= 0.3 is 0 Å². The largest absolute Gasteiger partial charge is 0.392 e. The van der Waals surface area contributed by atoms with Crippen LogP contribution in [0.4, 0.5) is 0 Å². The number of nitrogens with two attached hydrogens (primary N) is 1. The van der Waals surface area contributed by atoms with Crippen LogP contribution in [-0.2, 0) is 11.2 Å². The zero-order valence-corrected chi connectivity index (χ0v) is 11.6. The van der Waals surface area contributed by atoms with Gasteiger partial charge in [0.15, 0.2) is 0 Å². The Morgan fingerprint density at radius 2 is 2.06 bits per heavy atom. The summed E-state index contributed by atoms with van der Waals surface area (Å²) in [6.07, 6.45) is 0.246. The standard InChI is InChI=1S/C11H12Cl2N2OS/c1-15(6-10(14)17)11(16)5-7-2-3-8(12)9(13)4-7/h2-4H,5-6H2,1H3,(H2,14,17). The SMILES string of the molecule is CN(CC(N)=S)C(=O)Cc1ccc(Cl)c(Cl)c1. The summed E-state index contributed by atoms with van der Waals surface area (Å²) in [7, 11) is 1.65. The molecule has 0 bridgehead atoms. The van der Waals surface area contributed by atoms with Gasteiger partial charge in [-0.25, -0.2) is 0 Å². The van der Waals surface area contributed by atoms with Gasteiger partial charge in [0.25, 0.3) is 0 Å². The molecule has 0 unspecified atom stereocenters. The molecule has 17 heavy (non-hydrogen) atoms. The molecule has 0 spiro atoms. The van der Waals surface area contributed by atoms with Crippen LogP contribution in [0.2, 0.25) is 10.0 Å². The molecule has 2 N–H and O–H groups in total. The van der Waals surface area contributed by atoms with E-state index in [1.54, 1.807) is 25.2 Å². The number of hydrogen-bond donors (Lipinski definition) is 1. The van der Waals surface area contributed by atoms with Gasteiger partial charge in [0.2, 0.25) is 5.91 Å². The minimum Gasteiger partial charge on any atom is -0.392 e. The summed E-state index contributed by atoms with van der Waals surface area (Å²) in [4.78, 5) is 13.5. The topological polar surface area (TPSA) is 46.3 Å². The van der Waals surface area contributed by atoms with E-state index in [1.807, 2.05) is 0 Å². The summed E-state index contributed by atoms with van der Waals surface area (Å²) in [5.41, 5.74) is 6.17. The Morgan fingerprint density at radius 1 is 1.41 bits per heavy atom. The predicted octanol–water partition coefficient (Wildman–Crippen LogP) is 2.28. The highest BCUT2D eigenvalue weighted by molar-refractivity contribution is 7.80. The smallest absolute Gasteiger partial charge is 0.227 e. The van der Waals surface area contributed by atoms with Crippen LogP contribution in [0.25, 0.3) is 0 Å². The van der Waals surface area contributed by atoms with Crippen LogP contribution in [0.1, 0.15) is 5.56 Å². The lowest BCUT2D eigenvalue weighted by Gasteiger charge is -2.16. The molecule has 1 rings (SSSR count). The van der Waals surface area contributed by atoms with Gasteiger partial charge in [-0.15, -0.1) is 0 Å². The second kappa shape index (κ2) is 6.19. The minimum absolute atomic E-state index is 0.0730. The second-order valence-corrected chi connectivity index (χ2v) is 4.98. The number of carbonyl (C=O) groups is 1. The molecular formula is C11H12Cl2N2OS. The first-order chi connectivity index (χ1) is 7.90. The number of rotatable bonds is 4. The van der Waals surface area contributed by atoms with Gasteiger partial charge in [-0.3, -0.25) is 4.79 Å². The van der Waals surface area contributed by atoms with Gasteiger partial charge in [0.1, 0.15) is 0 Å². The number of carbonyl (C=O) groups excluding carboxylic acids is 1. The lowest BCUT2D eigenvalue weighted by molar-refractivity contribution is -0.128. The Bertz CT molecular complexity index is 451. The van der Waals surface area contributed by atoms with Crippen molar-refractivity contribution < 1.29 is 4.79 Å². The zero-order valence-electron chi connectivity index (χ0n) is 9.24. The Morgan fingerprint density at radius 3 is 2.59 bits per heavy atom. The van der Waals surface area contributed by atoms with E-state index in [9.17, 15) is 4.79 Å². The lowest BCUT2D eigenvalue weighted by atomic mass is 10.1. The highest BCUT2D eigenvalue weighted by Crippen LogP contribution is 2.22. The van der Waals surface area contributed by atoms with E-state index < -0.39 is 0 Å². The summed E-state index contributed by atoms with van der Waals surface area (Å²) in [5.74, 6) is -0.0730. The van der Waals surface area contributed by atoms with Crippen LogP contribution in [-0.4, -0.2) is 29.4 Å². The van der Waals surface area contributed by atoms with Gasteiger partial charge in [0, 0.05) is 7.05 Å². The molecule has 92 valence electrons. The van der Waals surface area contributed by atoms with Gasteiger partial charge in [-0.05, 0) is 17.7 Å². The van der Waals surface area contributed by atoms with E-state index in [1.165, 1.54) is 4.90 Å². The summed E-state index contributed by atoms with van der Waals surface area (Å²) < 4.78 is 0. The van der Waals surface area contributed by atoms with Crippen molar-refractivity contribution in [3.05, 3.63) is 33.8 Å². The third-order valence-corrected chi connectivity index (χ3v) is 3.03. The molecule has 1 amide bonds. The van der Waals surface area contributed by atoms with Gasteiger partial charge in [-0.2, -0.15) is 0 Å². The third kappa shape index (κ3) is 4.50. The lowest BCUT2D eigenvalue weighted by Crippen LogP contribution is -2.35. The maximum absolute atomic E-state index is 11.8. The molecule has 3 nitrogen and oxygen atoms in total. The monoisotopic (exact) mass is 290 g/mol. The highest BCUT2D eigenvalue weighted by atomic mass is 35.5. The van der Waals surface area contributed by atoms with E-state index in [-0.39, 0.29) is 23.9 Å². The van der Waals surface area contributed by atoms with Crippen molar-refractivity contribution >= 4 is 46.3 Å². The van der Waals surface area contributed by atoms with Crippen molar-refractivity contribution in [1.82, 2.24) is 4.90 Å². The van der Waals surface area contributed by atoms with Crippen LogP contribution in [0.15, 0.2) is 18.2 Å². The van der Waals surface area contributed by atoms with E-state index in [0.29, 0.717) is 10.0 Å². The number of halogens is 2. The number of hydrogen-bond acceptors (Lipinski definition) is 2. The summed E-state index contributed by atoms with van der Waals surface area (Å²) in [6.45, 7) is 0.273. The average molecular weight is 291 g/mol. The minimum atomic E-state index is -0.0730. The van der Waals surface area contributed by atoms with Crippen molar-refractivity contribution in [3.63, 3.8) is 0 Å². The Kier molecular flexibility index (Phi) is 5.18. The van der Waals surface area contributed by atoms with Crippen molar-refractivity contribution in [2.75, 3.05) is 13.6 Å². The fourth-order valence-electron chi connectivity index (χ4n) is 1.28. The van der Waals surface area contributed by atoms with Crippen molar-refractivity contribution in [2.24, 2.45) is 5.73 Å². The van der Waals surface area contributed by atoms with Crippen LogP contribution >= 0.6 is 35.4 Å². The highest BCUT2D eigenvalue weighted by Gasteiger charge is 2.11. The van der Waals surface area contributed by atoms with Gasteiger partial charge in [0.05, 0.1) is 28.0 Å². The molecule has 0 saturated heterocycles. The van der Waals surface area contributed by atoms with Gasteiger partial charge < -0.3 is 10.6 Å². The maximum Gasteiger partial charge on any atom is 0.227 e. The van der Waals surface area contributed by atoms with Crippen LogP contribution < -0.4 is 5.73 Å². The molecule has 0 heterocycles. The summed E-state index contributed by atoms with van der Waals surface area (Å²) in [5, 5.41) is 0.910. The Labute approximate surface area is 115 Å². The molecule has 0 aromatic heterocycles. The zero-order chi connectivity index (χ0) is 13.0. The molecule has 0 atom stereocenters. The summed E-state index contributed by atoms with van der Waals surface area (Å²) in [6, 6.07) is 5.11. The van der Waals surface area contributed by atoms with Crippen molar-refractivity contribution in [2.45, 2.75) is 6.42 Å². The number of amides is 1. The van der Waals surface area contributed by atoms with Crippen LogP contribution in [0.5, 0.6) is 0 Å². The van der Waals surface area contributed by atoms with Crippen molar-refractivity contribution in [3.8, 4) is 0 Å². The number of nitrogens with zero attached hydrogens (tertiary/aromatic N) is 1. The molecule has 0 radical (unpaired) electrons. The predicted molar refractivity (Wildman–Crippen MR) is 74.6 cm³/mol. The average Bonchev–Trinajstić information content (AvgIpc) is 2.22. The first-order valence-corrected chi connectivity index (χ1v) is 6.02. The molecule has 0 aliphatic carbocycles. The molecule has 0 fully saturated rings. The maximum atomic E-state index is 11.8. The van der Waals surface area contributed by atoms with Crippen molar-refractivity contribution in [1.29, 1.82) is 0 Å².